The van der Waals surface area contributed by atoms with Crippen LogP contribution in [0.15, 0.2) is 162 Å². The number of hydrogen-bond donors (Lipinski definition) is 0. The molecular weight excluding hydrogens is 601 g/mol. The molecule has 5 heteroatoms. The van der Waals surface area contributed by atoms with Gasteiger partial charge in [-0.05, 0) is 73.8 Å². The number of fused-ring (bicyclic) bond motifs is 8. The molecule has 0 spiro atoms. The van der Waals surface area contributed by atoms with E-state index >= 15 is 0 Å². The number of furan rings is 1. The highest BCUT2D eigenvalue weighted by atomic mass is 16.3. The first-order chi connectivity index (χ1) is 24.3. The smallest absolute Gasteiger partial charge is 0.227 e. The van der Waals surface area contributed by atoms with Crippen molar-refractivity contribution in [3.63, 3.8) is 0 Å². The highest BCUT2D eigenvalue weighted by Gasteiger charge is 2.20. The standard InChI is InChI=1S/C44H26N4O/c1-3-11-28(12-4-1)41-46-42(29-13-5-2-6-14-29)48-43(47-41)38-25-32(26-39-40(38)37-16-9-23-45-44(37)49-39)30-18-20-34-31(24-30)19-22-35-33-15-8-7-10-27(33)17-21-36(34)35/h1-26H. The van der Waals surface area contributed by atoms with E-state index in [1.165, 1.54) is 32.3 Å². The monoisotopic (exact) mass is 626 g/mol. The second kappa shape index (κ2) is 10.9. The summed E-state index contributed by atoms with van der Waals surface area (Å²) in [6.45, 7) is 0. The lowest BCUT2D eigenvalue weighted by Gasteiger charge is -2.12. The van der Waals surface area contributed by atoms with Gasteiger partial charge in [-0.25, -0.2) is 19.9 Å². The fourth-order valence-corrected chi connectivity index (χ4v) is 7.02. The van der Waals surface area contributed by atoms with E-state index in [4.69, 9.17) is 19.4 Å². The van der Waals surface area contributed by atoms with Gasteiger partial charge in [0.15, 0.2) is 17.5 Å². The molecule has 0 amide bonds. The van der Waals surface area contributed by atoms with E-state index in [9.17, 15) is 0 Å². The highest BCUT2D eigenvalue weighted by Crippen LogP contribution is 2.40. The molecule has 49 heavy (non-hydrogen) atoms. The number of rotatable bonds is 4. The van der Waals surface area contributed by atoms with E-state index < -0.39 is 0 Å². The number of pyridine rings is 1. The molecule has 10 rings (SSSR count). The molecule has 0 saturated heterocycles. The van der Waals surface area contributed by atoms with Crippen molar-refractivity contribution in [2.24, 2.45) is 0 Å². The van der Waals surface area contributed by atoms with Crippen LogP contribution in [-0.2, 0) is 0 Å². The zero-order valence-corrected chi connectivity index (χ0v) is 26.2. The van der Waals surface area contributed by atoms with Crippen LogP contribution in [0, 0.1) is 0 Å². The minimum Gasteiger partial charge on any atom is -0.438 e. The molecule has 3 aromatic heterocycles. The summed E-state index contributed by atoms with van der Waals surface area (Å²) in [7, 11) is 0. The van der Waals surface area contributed by atoms with E-state index in [1.54, 1.807) is 6.20 Å². The fourth-order valence-electron chi connectivity index (χ4n) is 7.02. The third-order valence-electron chi connectivity index (χ3n) is 9.36. The first-order valence-electron chi connectivity index (χ1n) is 16.3. The molecule has 10 aromatic rings. The molecule has 0 aliphatic carbocycles. The normalized spacial score (nSPS) is 11.7. The van der Waals surface area contributed by atoms with Gasteiger partial charge in [0.25, 0.3) is 0 Å². The van der Waals surface area contributed by atoms with Gasteiger partial charge in [-0.1, -0.05) is 121 Å². The molecule has 0 atom stereocenters. The lowest BCUT2D eigenvalue weighted by atomic mass is 9.93. The van der Waals surface area contributed by atoms with Crippen LogP contribution in [0.25, 0.3) is 99.7 Å². The lowest BCUT2D eigenvalue weighted by Crippen LogP contribution is -2.00. The number of hydrogen-bond acceptors (Lipinski definition) is 5. The molecule has 0 radical (unpaired) electrons. The Labute approximate surface area is 281 Å². The Hall–Kier alpha value is -6.72. The van der Waals surface area contributed by atoms with Crippen molar-refractivity contribution in [1.82, 2.24) is 19.9 Å². The Kier molecular flexibility index (Phi) is 6.11. The van der Waals surface area contributed by atoms with Crippen LogP contribution in [0.2, 0.25) is 0 Å². The summed E-state index contributed by atoms with van der Waals surface area (Å²) in [5, 5.41) is 9.25. The molecule has 228 valence electrons. The average Bonchev–Trinajstić information content (AvgIpc) is 3.56. The van der Waals surface area contributed by atoms with Crippen molar-refractivity contribution in [3.05, 3.63) is 158 Å². The van der Waals surface area contributed by atoms with Crippen LogP contribution in [0.4, 0.5) is 0 Å². The van der Waals surface area contributed by atoms with Crippen LogP contribution >= 0.6 is 0 Å². The Bertz CT molecular complexity index is 2820. The van der Waals surface area contributed by atoms with Crippen molar-refractivity contribution in [3.8, 4) is 45.3 Å². The average molecular weight is 627 g/mol. The summed E-state index contributed by atoms with van der Waals surface area (Å²) in [5.74, 6) is 1.79. The summed E-state index contributed by atoms with van der Waals surface area (Å²) in [6.07, 6.45) is 1.76. The molecule has 0 aliphatic rings. The number of benzene rings is 7. The lowest BCUT2D eigenvalue weighted by molar-refractivity contribution is 0.654. The van der Waals surface area contributed by atoms with Crippen LogP contribution in [0.5, 0.6) is 0 Å². The number of aromatic nitrogens is 4. The summed E-state index contributed by atoms with van der Waals surface area (Å²) >= 11 is 0. The second-order valence-electron chi connectivity index (χ2n) is 12.3. The van der Waals surface area contributed by atoms with Crippen LogP contribution in [0.3, 0.4) is 0 Å². The maximum Gasteiger partial charge on any atom is 0.227 e. The van der Waals surface area contributed by atoms with Gasteiger partial charge in [0.1, 0.15) is 5.58 Å². The van der Waals surface area contributed by atoms with Crippen LogP contribution in [-0.4, -0.2) is 19.9 Å². The third-order valence-corrected chi connectivity index (χ3v) is 9.36. The maximum absolute atomic E-state index is 6.41. The van der Waals surface area contributed by atoms with Crippen molar-refractivity contribution in [2.75, 3.05) is 0 Å². The summed E-state index contributed by atoms with van der Waals surface area (Å²) in [5.41, 5.74) is 6.09. The van der Waals surface area contributed by atoms with Gasteiger partial charge in [0.05, 0.1) is 0 Å². The zero-order chi connectivity index (χ0) is 32.3. The highest BCUT2D eigenvalue weighted by molar-refractivity contribution is 6.18. The topological polar surface area (TPSA) is 64.7 Å². The quantitative estimate of drug-likeness (QED) is 0.182. The molecule has 0 fully saturated rings. The SMILES string of the molecule is c1ccc(-c2nc(-c3ccccc3)nc(-c3cc(-c4ccc5c(ccc6c7ccccc7ccc56)c4)cc4oc5ncccc5c34)n2)cc1. The van der Waals surface area contributed by atoms with Gasteiger partial charge < -0.3 is 4.42 Å². The number of nitrogens with zero attached hydrogens (tertiary/aromatic N) is 4. The molecule has 0 bridgehead atoms. The molecule has 0 aliphatic heterocycles. The van der Waals surface area contributed by atoms with E-state index in [0.29, 0.717) is 23.2 Å². The van der Waals surface area contributed by atoms with Crippen molar-refractivity contribution < 1.29 is 4.42 Å². The molecule has 5 nitrogen and oxygen atoms in total. The van der Waals surface area contributed by atoms with Gasteiger partial charge in [-0.15, -0.1) is 0 Å². The van der Waals surface area contributed by atoms with E-state index in [1.807, 2.05) is 72.8 Å². The fraction of sp³-hybridized carbons (Fsp3) is 0. The van der Waals surface area contributed by atoms with Crippen LogP contribution in [0.1, 0.15) is 0 Å². The molecule has 0 unspecified atom stereocenters. The first kappa shape index (κ1) is 27.4. The molecule has 0 saturated carbocycles. The first-order valence-corrected chi connectivity index (χ1v) is 16.3. The Morgan fingerprint density at radius 1 is 0.388 bits per heavy atom. The zero-order valence-electron chi connectivity index (χ0n) is 26.2. The van der Waals surface area contributed by atoms with Gasteiger partial charge in [-0.3, -0.25) is 0 Å². The van der Waals surface area contributed by atoms with Gasteiger partial charge in [0.2, 0.25) is 5.71 Å². The minimum absolute atomic E-state index is 0.574. The molecule has 3 heterocycles. The van der Waals surface area contributed by atoms with Crippen LogP contribution < -0.4 is 0 Å². The Balaban J connectivity index is 1.21. The van der Waals surface area contributed by atoms with Gasteiger partial charge in [0, 0.05) is 33.7 Å². The largest absolute Gasteiger partial charge is 0.438 e. The molecule has 7 aromatic carbocycles. The van der Waals surface area contributed by atoms with Gasteiger partial charge in [-0.2, -0.15) is 0 Å². The summed E-state index contributed by atoms with van der Waals surface area (Å²) in [6, 6.07) is 52.5. The van der Waals surface area contributed by atoms with Crippen molar-refractivity contribution in [2.45, 2.75) is 0 Å². The maximum atomic E-state index is 6.41. The van der Waals surface area contributed by atoms with E-state index in [2.05, 4.69) is 83.8 Å². The second-order valence-corrected chi connectivity index (χ2v) is 12.3. The predicted molar refractivity (Wildman–Crippen MR) is 199 cm³/mol. The van der Waals surface area contributed by atoms with Crippen molar-refractivity contribution in [1.29, 1.82) is 0 Å². The van der Waals surface area contributed by atoms with E-state index in [0.717, 1.165) is 44.2 Å². The Morgan fingerprint density at radius 2 is 1.00 bits per heavy atom. The molecular formula is C44H26N4O. The van der Waals surface area contributed by atoms with Crippen molar-refractivity contribution >= 4 is 54.4 Å². The molecule has 0 N–H and O–H groups in total. The minimum atomic E-state index is 0.574. The van der Waals surface area contributed by atoms with Gasteiger partial charge >= 0.3 is 0 Å². The summed E-state index contributed by atoms with van der Waals surface area (Å²) < 4.78 is 6.41. The predicted octanol–water partition coefficient (Wildman–Crippen LogP) is 11.3. The van der Waals surface area contributed by atoms with E-state index in [-0.39, 0.29) is 0 Å². The Morgan fingerprint density at radius 3 is 1.76 bits per heavy atom. The third kappa shape index (κ3) is 4.55. The summed E-state index contributed by atoms with van der Waals surface area (Å²) in [4.78, 5) is 19.7.